The number of aryl methyl sites for hydroxylation is 1. The molecular weight excluding hydrogens is 224 g/mol. The lowest BCUT2D eigenvalue weighted by molar-refractivity contribution is 0.290. The molecule has 0 atom stereocenters. The predicted octanol–water partition coefficient (Wildman–Crippen LogP) is 3.59. The van der Waals surface area contributed by atoms with Crippen molar-refractivity contribution in [3.8, 4) is 5.88 Å². The molecule has 0 saturated carbocycles. The van der Waals surface area contributed by atoms with E-state index in [1.807, 2.05) is 13.0 Å². The Labute approximate surface area is 111 Å². The summed E-state index contributed by atoms with van der Waals surface area (Å²) in [4.78, 5) is 4.26. The quantitative estimate of drug-likeness (QED) is 0.681. The van der Waals surface area contributed by atoms with E-state index in [0.717, 1.165) is 24.2 Å². The maximum Gasteiger partial charge on any atom is 0.218 e. The van der Waals surface area contributed by atoms with Gasteiger partial charge in [-0.05, 0) is 25.0 Å². The fourth-order valence-corrected chi connectivity index (χ4v) is 1.99. The highest BCUT2D eigenvalue weighted by Crippen LogP contribution is 2.18. The van der Waals surface area contributed by atoms with Crippen molar-refractivity contribution >= 4 is 0 Å². The van der Waals surface area contributed by atoms with Crippen molar-refractivity contribution in [1.82, 2.24) is 4.98 Å². The molecule has 0 aliphatic rings. The minimum absolute atomic E-state index is 0.492. The van der Waals surface area contributed by atoms with Gasteiger partial charge in [-0.2, -0.15) is 0 Å². The summed E-state index contributed by atoms with van der Waals surface area (Å²) in [5.41, 5.74) is 7.91. The van der Waals surface area contributed by atoms with Gasteiger partial charge in [-0.15, -0.1) is 0 Å². The Morgan fingerprint density at radius 1 is 1.17 bits per heavy atom. The van der Waals surface area contributed by atoms with Crippen LogP contribution < -0.4 is 10.5 Å². The molecule has 1 rings (SSSR count). The number of aromatic nitrogens is 1. The fraction of sp³-hybridized carbons (Fsp3) is 0.667. The van der Waals surface area contributed by atoms with Crippen LogP contribution in [0, 0.1) is 6.92 Å². The lowest BCUT2D eigenvalue weighted by Gasteiger charge is -2.11. The van der Waals surface area contributed by atoms with E-state index in [1.165, 1.54) is 32.1 Å². The van der Waals surface area contributed by atoms with Crippen molar-refractivity contribution in [1.29, 1.82) is 0 Å². The highest BCUT2D eigenvalue weighted by molar-refractivity contribution is 5.33. The summed E-state index contributed by atoms with van der Waals surface area (Å²) in [5, 5.41) is 0. The molecular formula is C15H26N2O. The van der Waals surface area contributed by atoms with E-state index in [-0.39, 0.29) is 0 Å². The van der Waals surface area contributed by atoms with Crippen LogP contribution in [-0.4, -0.2) is 11.6 Å². The molecule has 0 fully saturated rings. The van der Waals surface area contributed by atoms with Gasteiger partial charge in [0.05, 0.1) is 6.61 Å². The molecule has 0 spiro atoms. The number of hydrogen-bond acceptors (Lipinski definition) is 3. The standard InChI is InChI=1S/C15H26N2O/c1-3-4-5-6-7-8-11-18-15-14(12-16)13(2)9-10-17-15/h9-10H,3-8,11-12,16H2,1-2H3. The van der Waals surface area contributed by atoms with Gasteiger partial charge in [0.1, 0.15) is 0 Å². The van der Waals surface area contributed by atoms with Crippen LogP contribution in [-0.2, 0) is 6.54 Å². The van der Waals surface area contributed by atoms with Crippen LogP contribution in [0.1, 0.15) is 56.6 Å². The van der Waals surface area contributed by atoms with Crippen molar-refractivity contribution in [3.05, 3.63) is 23.4 Å². The third-order valence-corrected chi connectivity index (χ3v) is 3.19. The van der Waals surface area contributed by atoms with Gasteiger partial charge in [-0.3, -0.25) is 0 Å². The van der Waals surface area contributed by atoms with E-state index in [0.29, 0.717) is 12.4 Å². The molecule has 3 nitrogen and oxygen atoms in total. The summed E-state index contributed by atoms with van der Waals surface area (Å²) in [7, 11) is 0. The molecule has 1 aromatic heterocycles. The molecule has 2 N–H and O–H groups in total. The molecule has 102 valence electrons. The topological polar surface area (TPSA) is 48.1 Å². The molecule has 0 aliphatic heterocycles. The number of pyridine rings is 1. The van der Waals surface area contributed by atoms with Gasteiger partial charge in [0, 0.05) is 18.3 Å². The van der Waals surface area contributed by atoms with Gasteiger partial charge < -0.3 is 10.5 Å². The molecule has 0 aliphatic carbocycles. The zero-order chi connectivity index (χ0) is 13.2. The van der Waals surface area contributed by atoms with E-state index in [2.05, 4.69) is 11.9 Å². The number of nitrogens with two attached hydrogens (primary N) is 1. The number of rotatable bonds is 9. The van der Waals surface area contributed by atoms with E-state index in [4.69, 9.17) is 10.5 Å². The Morgan fingerprint density at radius 2 is 1.89 bits per heavy atom. The zero-order valence-electron chi connectivity index (χ0n) is 11.7. The van der Waals surface area contributed by atoms with Crippen LogP contribution in [0.5, 0.6) is 5.88 Å². The van der Waals surface area contributed by atoms with Gasteiger partial charge in [-0.1, -0.05) is 39.0 Å². The van der Waals surface area contributed by atoms with Gasteiger partial charge in [0.25, 0.3) is 0 Å². The Morgan fingerprint density at radius 3 is 2.61 bits per heavy atom. The number of nitrogens with zero attached hydrogens (tertiary/aromatic N) is 1. The van der Waals surface area contributed by atoms with Crippen molar-refractivity contribution < 1.29 is 4.74 Å². The second-order valence-electron chi connectivity index (χ2n) is 4.73. The molecule has 1 aromatic rings. The molecule has 18 heavy (non-hydrogen) atoms. The highest BCUT2D eigenvalue weighted by atomic mass is 16.5. The van der Waals surface area contributed by atoms with Gasteiger partial charge >= 0.3 is 0 Å². The molecule has 0 bridgehead atoms. The average Bonchev–Trinajstić information content (AvgIpc) is 2.38. The second-order valence-corrected chi connectivity index (χ2v) is 4.73. The van der Waals surface area contributed by atoms with E-state index >= 15 is 0 Å². The minimum Gasteiger partial charge on any atom is -0.477 e. The average molecular weight is 250 g/mol. The van der Waals surface area contributed by atoms with Crippen LogP contribution in [0.2, 0.25) is 0 Å². The van der Waals surface area contributed by atoms with Crippen molar-refractivity contribution in [2.24, 2.45) is 5.73 Å². The first kappa shape index (κ1) is 15.0. The third-order valence-electron chi connectivity index (χ3n) is 3.19. The largest absolute Gasteiger partial charge is 0.477 e. The highest BCUT2D eigenvalue weighted by Gasteiger charge is 2.06. The normalized spacial score (nSPS) is 10.6. The maximum atomic E-state index is 5.72. The molecule has 0 saturated heterocycles. The Kier molecular flexibility index (Phi) is 7.42. The Balaban J connectivity index is 2.25. The number of hydrogen-bond donors (Lipinski definition) is 1. The summed E-state index contributed by atoms with van der Waals surface area (Å²) in [6, 6.07) is 1.97. The zero-order valence-corrected chi connectivity index (χ0v) is 11.7. The Hall–Kier alpha value is -1.09. The molecule has 0 radical (unpaired) electrons. The van der Waals surface area contributed by atoms with Crippen molar-refractivity contribution in [2.75, 3.05) is 6.61 Å². The molecule has 0 aromatic carbocycles. The third kappa shape index (κ3) is 5.05. The van der Waals surface area contributed by atoms with Crippen LogP contribution in [0.3, 0.4) is 0 Å². The van der Waals surface area contributed by atoms with Crippen molar-refractivity contribution in [3.63, 3.8) is 0 Å². The van der Waals surface area contributed by atoms with Crippen LogP contribution in [0.4, 0.5) is 0 Å². The van der Waals surface area contributed by atoms with E-state index < -0.39 is 0 Å². The first-order valence-electron chi connectivity index (χ1n) is 7.07. The first-order chi connectivity index (χ1) is 8.79. The molecule has 0 amide bonds. The summed E-state index contributed by atoms with van der Waals surface area (Å²) < 4.78 is 5.72. The second kappa shape index (κ2) is 8.92. The maximum absolute atomic E-state index is 5.72. The van der Waals surface area contributed by atoms with Crippen molar-refractivity contribution in [2.45, 2.75) is 58.9 Å². The minimum atomic E-state index is 0.492. The number of ether oxygens (including phenoxy) is 1. The smallest absolute Gasteiger partial charge is 0.218 e. The lowest BCUT2D eigenvalue weighted by Crippen LogP contribution is -2.07. The SMILES string of the molecule is CCCCCCCCOc1nccc(C)c1CN. The van der Waals surface area contributed by atoms with Crippen LogP contribution in [0.15, 0.2) is 12.3 Å². The van der Waals surface area contributed by atoms with Crippen LogP contribution >= 0.6 is 0 Å². The van der Waals surface area contributed by atoms with E-state index in [9.17, 15) is 0 Å². The van der Waals surface area contributed by atoms with E-state index in [1.54, 1.807) is 6.20 Å². The molecule has 0 unspecified atom stereocenters. The molecule has 3 heteroatoms. The summed E-state index contributed by atoms with van der Waals surface area (Å²) >= 11 is 0. The first-order valence-corrected chi connectivity index (χ1v) is 7.07. The van der Waals surface area contributed by atoms with Gasteiger partial charge in [0.2, 0.25) is 5.88 Å². The molecule has 1 heterocycles. The summed E-state index contributed by atoms with van der Waals surface area (Å²) in [6.07, 6.45) is 9.41. The Bertz CT molecular complexity index is 339. The van der Waals surface area contributed by atoms with Gasteiger partial charge in [0.15, 0.2) is 0 Å². The lowest BCUT2D eigenvalue weighted by atomic mass is 10.1. The monoisotopic (exact) mass is 250 g/mol. The van der Waals surface area contributed by atoms with Gasteiger partial charge in [-0.25, -0.2) is 4.98 Å². The predicted molar refractivity (Wildman–Crippen MR) is 75.7 cm³/mol. The summed E-state index contributed by atoms with van der Waals surface area (Å²) in [6.45, 7) is 5.52. The number of unbranched alkanes of at least 4 members (excludes halogenated alkanes) is 5. The fourth-order valence-electron chi connectivity index (χ4n) is 1.99. The van der Waals surface area contributed by atoms with Crippen LogP contribution in [0.25, 0.3) is 0 Å². The summed E-state index contributed by atoms with van der Waals surface area (Å²) in [5.74, 6) is 0.714.